The number of anilines is 1. The second-order valence-electron chi connectivity index (χ2n) is 2.48. The van der Waals surface area contributed by atoms with Gasteiger partial charge in [-0.25, -0.2) is 9.97 Å². The van der Waals surface area contributed by atoms with E-state index in [1.165, 1.54) is 6.33 Å². The molecule has 1 heterocycles. The van der Waals surface area contributed by atoms with Gasteiger partial charge in [0.1, 0.15) is 12.1 Å². The smallest absolute Gasteiger partial charge is 0.133 e. The molecule has 0 saturated carbocycles. The zero-order valence-corrected chi connectivity index (χ0v) is 7.04. The van der Waals surface area contributed by atoms with Gasteiger partial charge in [-0.1, -0.05) is 13.2 Å². The zero-order valence-electron chi connectivity index (χ0n) is 7.04. The highest BCUT2D eigenvalue weighted by atomic mass is 15.0. The van der Waals surface area contributed by atoms with Crippen molar-refractivity contribution in [2.45, 2.75) is 6.92 Å². The molecule has 1 aromatic rings. The Morgan fingerprint density at radius 2 is 2.25 bits per heavy atom. The van der Waals surface area contributed by atoms with Crippen LogP contribution in [-0.4, -0.2) is 9.97 Å². The topological polar surface area (TPSA) is 37.8 Å². The number of hydrogen-bond acceptors (Lipinski definition) is 3. The van der Waals surface area contributed by atoms with Crippen LogP contribution >= 0.6 is 0 Å². The Bertz CT molecular complexity index is 290. The molecule has 0 aromatic carbocycles. The number of nitrogens with one attached hydrogen (secondary N) is 1. The summed E-state index contributed by atoms with van der Waals surface area (Å²) in [5, 5.41) is 3.00. The number of aromatic nitrogens is 2. The van der Waals surface area contributed by atoms with Crippen molar-refractivity contribution in [2.24, 2.45) is 0 Å². The first-order chi connectivity index (χ1) is 5.70. The summed E-state index contributed by atoms with van der Waals surface area (Å²) in [5.74, 6) is 0.734. The quantitative estimate of drug-likeness (QED) is 0.689. The second-order valence-corrected chi connectivity index (χ2v) is 2.48. The molecule has 0 aliphatic heterocycles. The summed E-state index contributed by atoms with van der Waals surface area (Å²) in [7, 11) is 0. The van der Waals surface area contributed by atoms with Gasteiger partial charge in [0.15, 0.2) is 0 Å². The Balaban J connectivity index is 2.65. The van der Waals surface area contributed by atoms with E-state index in [1.54, 1.807) is 12.3 Å². The van der Waals surface area contributed by atoms with Gasteiger partial charge in [-0.3, -0.25) is 0 Å². The molecule has 12 heavy (non-hydrogen) atoms. The molecule has 0 amide bonds. The summed E-state index contributed by atoms with van der Waals surface area (Å²) < 4.78 is 0. The maximum absolute atomic E-state index is 3.98. The normalized spacial score (nSPS) is 9.08. The summed E-state index contributed by atoms with van der Waals surface area (Å²) >= 11 is 0. The van der Waals surface area contributed by atoms with Crippen molar-refractivity contribution in [3.05, 3.63) is 43.0 Å². The first-order valence-electron chi connectivity index (χ1n) is 3.58. The fraction of sp³-hybridized carbons (Fsp3) is 0.111. The van der Waals surface area contributed by atoms with Crippen molar-refractivity contribution in [1.29, 1.82) is 0 Å². The Morgan fingerprint density at radius 1 is 1.50 bits per heavy atom. The summed E-state index contributed by atoms with van der Waals surface area (Å²) in [6.07, 6.45) is 3.15. The third-order valence-corrected chi connectivity index (χ3v) is 1.38. The van der Waals surface area contributed by atoms with E-state index < -0.39 is 0 Å². The van der Waals surface area contributed by atoms with Gasteiger partial charge in [0, 0.05) is 11.9 Å². The van der Waals surface area contributed by atoms with Gasteiger partial charge in [-0.15, -0.1) is 0 Å². The SMILES string of the molecule is C=C(C)C(=C)Nc1ccncn1. The molecule has 1 rings (SSSR count). The maximum Gasteiger partial charge on any atom is 0.133 e. The summed E-state index contributed by atoms with van der Waals surface area (Å²) in [5.41, 5.74) is 1.67. The van der Waals surface area contributed by atoms with Gasteiger partial charge < -0.3 is 5.32 Å². The largest absolute Gasteiger partial charge is 0.340 e. The standard InChI is InChI=1S/C9H11N3/c1-7(2)8(3)12-9-4-5-10-6-11-9/h4-6H,1,3H2,2H3,(H,10,11,12). The molecule has 1 aromatic heterocycles. The van der Waals surface area contributed by atoms with Crippen LogP contribution in [0, 0.1) is 0 Å². The molecule has 3 heteroatoms. The van der Waals surface area contributed by atoms with Crippen LogP contribution < -0.4 is 5.32 Å². The predicted molar refractivity (Wildman–Crippen MR) is 49.6 cm³/mol. The molecule has 0 bridgehead atoms. The molecular formula is C9H11N3. The molecular weight excluding hydrogens is 150 g/mol. The van der Waals surface area contributed by atoms with Crippen LogP contribution in [0.15, 0.2) is 43.0 Å². The van der Waals surface area contributed by atoms with Gasteiger partial charge >= 0.3 is 0 Å². The highest BCUT2D eigenvalue weighted by molar-refractivity contribution is 5.44. The molecule has 0 atom stereocenters. The lowest BCUT2D eigenvalue weighted by Crippen LogP contribution is -2.00. The third-order valence-electron chi connectivity index (χ3n) is 1.38. The molecule has 0 fully saturated rings. The minimum atomic E-state index is 0.734. The molecule has 0 saturated heterocycles. The van der Waals surface area contributed by atoms with Crippen molar-refractivity contribution in [1.82, 2.24) is 9.97 Å². The lowest BCUT2D eigenvalue weighted by atomic mass is 10.3. The molecule has 0 radical (unpaired) electrons. The Hall–Kier alpha value is -1.64. The van der Waals surface area contributed by atoms with Crippen molar-refractivity contribution < 1.29 is 0 Å². The Morgan fingerprint density at radius 3 is 2.75 bits per heavy atom. The van der Waals surface area contributed by atoms with Crippen LogP contribution in [0.3, 0.4) is 0 Å². The Kier molecular flexibility index (Phi) is 2.58. The fourth-order valence-electron chi connectivity index (χ4n) is 0.626. The van der Waals surface area contributed by atoms with E-state index in [0.717, 1.165) is 17.1 Å². The molecule has 1 N–H and O–H groups in total. The number of hydrogen-bond donors (Lipinski definition) is 1. The van der Waals surface area contributed by atoms with Crippen molar-refractivity contribution in [3.63, 3.8) is 0 Å². The maximum atomic E-state index is 3.98. The average Bonchev–Trinajstić information content (AvgIpc) is 2.06. The lowest BCUT2D eigenvalue weighted by Gasteiger charge is -2.06. The van der Waals surface area contributed by atoms with E-state index in [9.17, 15) is 0 Å². The second kappa shape index (κ2) is 3.67. The van der Waals surface area contributed by atoms with Gasteiger partial charge in [0.25, 0.3) is 0 Å². The van der Waals surface area contributed by atoms with Crippen LogP contribution in [0.25, 0.3) is 0 Å². The molecule has 0 unspecified atom stereocenters. The molecule has 3 nitrogen and oxygen atoms in total. The molecule has 0 spiro atoms. The third kappa shape index (κ3) is 2.20. The van der Waals surface area contributed by atoms with E-state index in [1.807, 2.05) is 6.92 Å². The fourth-order valence-corrected chi connectivity index (χ4v) is 0.626. The molecule has 0 aliphatic carbocycles. The van der Waals surface area contributed by atoms with Crippen LogP contribution in [0.2, 0.25) is 0 Å². The van der Waals surface area contributed by atoms with Gasteiger partial charge in [-0.2, -0.15) is 0 Å². The van der Waals surface area contributed by atoms with E-state index in [0.29, 0.717) is 0 Å². The van der Waals surface area contributed by atoms with E-state index in [4.69, 9.17) is 0 Å². The van der Waals surface area contributed by atoms with Crippen LogP contribution in [-0.2, 0) is 0 Å². The monoisotopic (exact) mass is 161 g/mol. The van der Waals surface area contributed by atoms with Crippen LogP contribution in [0.5, 0.6) is 0 Å². The first-order valence-corrected chi connectivity index (χ1v) is 3.58. The van der Waals surface area contributed by atoms with Crippen molar-refractivity contribution >= 4 is 5.82 Å². The van der Waals surface area contributed by atoms with Crippen molar-refractivity contribution in [3.8, 4) is 0 Å². The number of nitrogens with zero attached hydrogens (tertiary/aromatic N) is 2. The van der Waals surface area contributed by atoms with E-state index in [2.05, 4.69) is 28.4 Å². The summed E-state index contributed by atoms with van der Waals surface area (Å²) in [6.45, 7) is 9.41. The van der Waals surface area contributed by atoms with Crippen LogP contribution in [0.4, 0.5) is 5.82 Å². The molecule has 62 valence electrons. The first kappa shape index (κ1) is 8.46. The number of rotatable bonds is 3. The van der Waals surface area contributed by atoms with Gasteiger partial charge in [0.2, 0.25) is 0 Å². The zero-order chi connectivity index (χ0) is 8.97. The average molecular weight is 161 g/mol. The van der Waals surface area contributed by atoms with Gasteiger partial charge in [-0.05, 0) is 18.6 Å². The molecule has 0 aliphatic rings. The summed E-state index contributed by atoms with van der Waals surface area (Å²) in [6, 6.07) is 1.77. The lowest BCUT2D eigenvalue weighted by molar-refractivity contribution is 1.15. The van der Waals surface area contributed by atoms with Crippen molar-refractivity contribution in [2.75, 3.05) is 5.32 Å². The van der Waals surface area contributed by atoms with E-state index >= 15 is 0 Å². The van der Waals surface area contributed by atoms with Crippen LogP contribution in [0.1, 0.15) is 6.92 Å². The minimum absolute atomic E-state index is 0.734. The highest BCUT2D eigenvalue weighted by Gasteiger charge is 1.94. The Labute approximate surface area is 71.9 Å². The number of allylic oxidation sites excluding steroid dienone is 1. The highest BCUT2D eigenvalue weighted by Crippen LogP contribution is 2.07. The van der Waals surface area contributed by atoms with E-state index in [-0.39, 0.29) is 0 Å². The predicted octanol–water partition coefficient (Wildman–Crippen LogP) is 1.98. The summed E-state index contributed by atoms with van der Waals surface area (Å²) in [4.78, 5) is 7.77. The minimum Gasteiger partial charge on any atom is -0.340 e. The van der Waals surface area contributed by atoms with Gasteiger partial charge in [0.05, 0.1) is 0 Å².